The number of rotatable bonds is 4. The third-order valence-corrected chi connectivity index (χ3v) is 4.03. The summed E-state index contributed by atoms with van der Waals surface area (Å²) >= 11 is 0. The molecular formula is C16H18FN5O2. The van der Waals surface area contributed by atoms with Crippen molar-refractivity contribution in [3.05, 3.63) is 41.5 Å². The monoisotopic (exact) mass is 331 g/mol. The van der Waals surface area contributed by atoms with Crippen LogP contribution >= 0.6 is 0 Å². The Balaban J connectivity index is 1.58. The molecular weight excluding hydrogens is 313 g/mol. The number of amides is 2. The van der Waals surface area contributed by atoms with Crippen molar-refractivity contribution in [2.45, 2.75) is 19.8 Å². The van der Waals surface area contributed by atoms with Gasteiger partial charge in [0, 0.05) is 26.4 Å². The fourth-order valence-electron chi connectivity index (χ4n) is 2.74. The van der Waals surface area contributed by atoms with E-state index in [-0.39, 0.29) is 29.5 Å². The van der Waals surface area contributed by atoms with Gasteiger partial charge in [0.25, 0.3) is 0 Å². The van der Waals surface area contributed by atoms with Crippen LogP contribution in [-0.2, 0) is 16.0 Å². The second-order valence-corrected chi connectivity index (χ2v) is 5.85. The molecule has 0 spiro atoms. The highest BCUT2D eigenvalue weighted by molar-refractivity contribution is 5.91. The Morgan fingerprint density at radius 3 is 3.00 bits per heavy atom. The van der Waals surface area contributed by atoms with E-state index < -0.39 is 0 Å². The predicted octanol–water partition coefficient (Wildman–Crippen LogP) is 1.34. The Labute approximate surface area is 138 Å². The van der Waals surface area contributed by atoms with Gasteiger partial charge in [-0.05, 0) is 24.1 Å². The Bertz CT molecular complexity index is 760. The van der Waals surface area contributed by atoms with Gasteiger partial charge in [-0.2, -0.15) is 4.98 Å². The van der Waals surface area contributed by atoms with Crippen LogP contribution < -0.4 is 5.32 Å². The van der Waals surface area contributed by atoms with Gasteiger partial charge in [-0.25, -0.2) is 4.39 Å². The lowest BCUT2D eigenvalue weighted by atomic mass is 10.1. The molecule has 126 valence electrons. The summed E-state index contributed by atoms with van der Waals surface area (Å²) in [6, 6.07) is 6.22. The van der Waals surface area contributed by atoms with E-state index in [2.05, 4.69) is 20.5 Å². The van der Waals surface area contributed by atoms with Crippen LogP contribution in [0.2, 0.25) is 0 Å². The zero-order valence-corrected chi connectivity index (χ0v) is 13.3. The standard InChI is InChI=1S/C16H18FN5O2/c1-10(23)22-6-5-12(9-22)15(24)19-16-18-14(20-21-16)8-11-3-2-4-13(17)7-11/h2-4,7,12H,5-6,8-9H2,1H3,(H2,18,19,20,21,24)/t12-/m1/s1. The first kappa shape index (κ1) is 16.1. The van der Waals surface area contributed by atoms with Crippen LogP contribution in [0.3, 0.4) is 0 Å². The summed E-state index contributed by atoms with van der Waals surface area (Å²) in [5.41, 5.74) is 0.761. The number of aromatic nitrogens is 3. The largest absolute Gasteiger partial charge is 0.342 e. The van der Waals surface area contributed by atoms with Gasteiger partial charge < -0.3 is 4.90 Å². The van der Waals surface area contributed by atoms with E-state index in [0.29, 0.717) is 31.8 Å². The summed E-state index contributed by atoms with van der Waals surface area (Å²) in [5, 5.41) is 9.35. The number of H-pyrrole nitrogens is 1. The lowest BCUT2D eigenvalue weighted by molar-refractivity contribution is -0.128. The number of likely N-dealkylation sites (tertiary alicyclic amines) is 1. The van der Waals surface area contributed by atoms with E-state index in [1.807, 2.05) is 0 Å². The molecule has 1 atom stereocenters. The number of benzene rings is 1. The van der Waals surface area contributed by atoms with Crippen LogP contribution in [0.25, 0.3) is 0 Å². The molecule has 1 saturated heterocycles. The first-order valence-corrected chi connectivity index (χ1v) is 7.73. The molecule has 1 fully saturated rings. The number of halogens is 1. The molecule has 1 aromatic heterocycles. The minimum Gasteiger partial charge on any atom is -0.342 e. The molecule has 3 rings (SSSR count). The number of hydrogen-bond acceptors (Lipinski definition) is 4. The highest BCUT2D eigenvalue weighted by atomic mass is 19.1. The molecule has 2 heterocycles. The first-order valence-electron chi connectivity index (χ1n) is 7.73. The quantitative estimate of drug-likeness (QED) is 0.884. The van der Waals surface area contributed by atoms with E-state index in [9.17, 15) is 14.0 Å². The lowest BCUT2D eigenvalue weighted by Gasteiger charge is -2.13. The zero-order chi connectivity index (χ0) is 17.1. The van der Waals surface area contributed by atoms with Crippen molar-refractivity contribution in [1.29, 1.82) is 0 Å². The van der Waals surface area contributed by atoms with E-state index >= 15 is 0 Å². The van der Waals surface area contributed by atoms with Crippen molar-refractivity contribution in [2.75, 3.05) is 18.4 Å². The van der Waals surface area contributed by atoms with Crippen LogP contribution in [0.15, 0.2) is 24.3 Å². The van der Waals surface area contributed by atoms with Crippen molar-refractivity contribution in [1.82, 2.24) is 20.1 Å². The van der Waals surface area contributed by atoms with Crippen molar-refractivity contribution < 1.29 is 14.0 Å². The first-order chi connectivity index (χ1) is 11.5. The second-order valence-electron chi connectivity index (χ2n) is 5.85. The number of nitrogens with one attached hydrogen (secondary N) is 2. The van der Waals surface area contributed by atoms with E-state index in [0.717, 1.165) is 5.56 Å². The molecule has 2 aromatic rings. The number of nitrogens with zero attached hydrogens (tertiary/aromatic N) is 3. The molecule has 0 unspecified atom stereocenters. The lowest BCUT2D eigenvalue weighted by Crippen LogP contribution is -2.30. The molecule has 1 aromatic carbocycles. The molecule has 1 aliphatic heterocycles. The van der Waals surface area contributed by atoms with Gasteiger partial charge in [-0.15, -0.1) is 5.10 Å². The van der Waals surface area contributed by atoms with Gasteiger partial charge in [-0.3, -0.25) is 20.0 Å². The molecule has 0 aliphatic carbocycles. The van der Waals surface area contributed by atoms with Crippen molar-refractivity contribution in [3.63, 3.8) is 0 Å². The van der Waals surface area contributed by atoms with Crippen LogP contribution in [0.1, 0.15) is 24.7 Å². The normalized spacial score (nSPS) is 17.1. The van der Waals surface area contributed by atoms with Gasteiger partial charge in [0.15, 0.2) is 0 Å². The predicted molar refractivity (Wildman–Crippen MR) is 84.6 cm³/mol. The van der Waals surface area contributed by atoms with Crippen LogP contribution in [0, 0.1) is 11.7 Å². The molecule has 1 aliphatic rings. The summed E-state index contributed by atoms with van der Waals surface area (Å²) in [6.45, 7) is 2.50. The zero-order valence-electron chi connectivity index (χ0n) is 13.3. The Kier molecular flexibility index (Phi) is 4.54. The van der Waals surface area contributed by atoms with Gasteiger partial charge in [0.05, 0.1) is 5.92 Å². The van der Waals surface area contributed by atoms with Crippen LogP contribution in [-0.4, -0.2) is 45.0 Å². The van der Waals surface area contributed by atoms with Crippen LogP contribution in [0.4, 0.5) is 10.3 Å². The summed E-state index contributed by atoms with van der Waals surface area (Å²) < 4.78 is 13.2. The number of carbonyl (C=O) groups excluding carboxylic acids is 2. The van der Waals surface area contributed by atoms with Crippen molar-refractivity contribution >= 4 is 17.8 Å². The minimum absolute atomic E-state index is 0.0272. The Hall–Kier alpha value is -2.77. The number of aromatic amines is 1. The number of hydrogen-bond donors (Lipinski definition) is 2. The molecule has 24 heavy (non-hydrogen) atoms. The molecule has 0 radical (unpaired) electrons. The highest BCUT2D eigenvalue weighted by Crippen LogP contribution is 2.18. The maximum absolute atomic E-state index is 13.2. The molecule has 8 heteroatoms. The fraction of sp³-hybridized carbons (Fsp3) is 0.375. The molecule has 0 bridgehead atoms. The molecule has 7 nitrogen and oxygen atoms in total. The van der Waals surface area contributed by atoms with E-state index in [4.69, 9.17) is 0 Å². The maximum Gasteiger partial charge on any atom is 0.248 e. The smallest absolute Gasteiger partial charge is 0.248 e. The van der Waals surface area contributed by atoms with Gasteiger partial charge in [-0.1, -0.05) is 12.1 Å². The average molecular weight is 331 g/mol. The maximum atomic E-state index is 13.2. The summed E-state index contributed by atoms with van der Waals surface area (Å²) in [4.78, 5) is 29.4. The summed E-state index contributed by atoms with van der Waals surface area (Å²) in [5.74, 6) is -0.0631. The van der Waals surface area contributed by atoms with Crippen LogP contribution in [0.5, 0.6) is 0 Å². The summed E-state index contributed by atoms with van der Waals surface area (Å²) in [7, 11) is 0. The van der Waals surface area contributed by atoms with Gasteiger partial charge in [0.1, 0.15) is 11.6 Å². The minimum atomic E-state index is -0.309. The fourth-order valence-corrected chi connectivity index (χ4v) is 2.74. The van der Waals surface area contributed by atoms with E-state index in [1.165, 1.54) is 19.1 Å². The molecule has 0 saturated carbocycles. The van der Waals surface area contributed by atoms with E-state index in [1.54, 1.807) is 17.0 Å². The Morgan fingerprint density at radius 2 is 2.29 bits per heavy atom. The molecule has 2 amide bonds. The Morgan fingerprint density at radius 1 is 1.46 bits per heavy atom. The van der Waals surface area contributed by atoms with Gasteiger partial charge >= 0.3 is 0 Å². The molecule has 2 N–H and O–H groups in total. The summed E-state index contributed by atoms with van der Waals surface area (Å²) in [6.07, 6.45) is 1.02. The third kappa shape index (κ3) is 3.76. The van der Waals surface area contributed by atoms with Gasteiger partial charge in [0.2, 0.25) is 17.8 Å². The van der Waals surface area contributed by atoms with Crippen molar-refractivity contribution in [3.8, 4) is 0 Å². The topological polar surface area (TPSA) is 91.0 Å². The number of anilines is 1. The van der Waals surface area contributed by atoms with Crippen molar-refractivity contribution in [2.24, 2.45) is 5.92 Å². The average Bonchev–Trinajstić information content (AvgIpc) is 3.17. The second kappa shape index (κ2) is 6.77. The number of carbonyl (C=O) groups is 2. The highest BCUT2D eigenvalue weighted by Gasteiger charge is 2.30. The third-order valence-electron chi connectivity index (χ3n) is 4.03. The SMILES string of the molecule is CC(=O)N1CC[C@@H](C(=O)Nc2n[nH]c(Cc3cccc(F)c3)n2)C1.